The van der Waals surface area contributed by atoms with Gasteiger partial charge < -0.3 is 14.9 Å². The number of fused-ring (bicyclic) bond motifs is 2. The van der Waals surface area contributed by atoms with Gasteiger partial charge in [0.15, 0.2) is 0 Å². The summed E-state index contributed by atoms with van der Waals surface area (Å²) in [5.74, 6) is 0.899. The lowest BCUT2D eigenvalue weighted by atomic mass is 9.55. The molecule has 1 spiro atoms. The maximum atomic E-state index is 10.3. The zero-order chi connectivity index (χ0) is 15.8. The molecule has 5 rings (SSSR count). The Balaban J connectivity index is 1.74. The van der Waals surface area contributed by atoms with E-state index < -0.39 is 0 Å². The number of hydrogen-bond acceptors (Lipinski definition) is 2. The first kappa shape index (κ1) is 14.1. The fourth-order valence-corrected chi connectivity index (χ4v) is 6.76. The predicted octanol–water partition coefficient (Wildman–Crippen LogP) is 2.53. The molecule has 4 aliphatic rings. The van der Waals surface area contributed by atoms with E-state index in [0.29, 0.717) is 30.5 Å². The van der Waals surface area contributed by atoms with Crippen LogP contribution in [0.3, 0.4) is 0 Å². The normalized spacial score (nSPS) is 48.0. The third-order valence-electron chi connectivity index (χ3n) is 7.70. The number of aliphatic hydroxyl groups is 1. The number of nitrogens with zero attached hydrogens (tertiary/aromatic N) is 1. The van der Waals surface area contributed by atoms with Crippen LogP contribution in [0.15, 0.2) is 35.9 Å². The van der Waals surface area contributed by atoms with Gasteiger partial charge >= 0.3 is 0 Å². The molecule has 6 atom stereocenters. The van der Waals surface area contributed by atoms with Crippen molar-refractivity contribution < 1.29 is 9.59 Å². The molecule has 3 heteroatoms. The molecule has 2 saturated heterocycles. The van der Waals surface area contributed by atoms with Crippen molar-refractivity contribution in [2.24, 2.45) is 11.8 Å². The van der Waals surface area contributed by atoms with Gasteiger partial charge in [-0.25, -0.2) is 0 Å². The second kappa shape index (κ2) is 4.40. The van der Waals surface area contributed by atoms with Crippen molar-refractivity contribution in [1.82, 2.24) is 0 Å². The average Bonchev–Trinajstić information content (AvgIpc) is 3.08. The molecule has 1 saturated carbocycles. The SMILES string of the molecule is C/C=C1\C[N+]2(C)CC[C@]34c5ccccc5N[C@H]3[C@H](CO)[C@H]1C[C@H]42. The molecule has 3 fully saturated rings. The van der Waals surface area contributed by atoms with Crippen molar-refractivity contribution in [1.29, 1.82) is 0 Å². The maximum absolute atomic E-state index is 10.3. The van der Waals surface area contributed by atoms with Crippen LogP contribution in [0, 0.1) is 11.8 Å². The molecule has 1 aliphatic carbocycles. The Hall–Kier alpha value is -1.32. The second-order valence-corrected chi connectivity index (χ2v) is 8.39. The Morgan fingerprint density at radius 3 is 3.00 bits per heavy atom. The quantitative estimate of drug-likeness (QED) is 0.617. The Bertz CT molecular complexity index is 699. The van der Waals surface area contributed by atoms with Gasteiger partial charge in [-0.3, -0.25) is 0 Å². The Morgan fingerprint density at radius 2 is 2.22 bits per heavy atom. The summed E-state index contributed by atoms with van der Waals surface area (Å²) in [5, 5.41) is 14.1. The van der Waals surface area contributed by atoms with Crippen LogP contribution in [0.4, 0.5) is 5.69 Å². The van der Waals surface area contributed by atoms with Crippen LogP contribution < -0.4 is 5.32 Å². The highest BCUT2D eigenvalue weighted by molar-refractivity contribution is 5.64. The van der Waals surface area contributed by atoms with Gasteiger partial charge in [0.05, 0.1) is 19.0 Å². The van der Waals surface area contributed by atoms with Gasteiger partial charge in [0.2, 0.25) is 0 Å². The number of para-hydroxylation sites is 1. The number of quaternary nitrogens is 1. The summed E-state index contributed by atoms with van der Waals surface area (Å²) in [6, 6.07) is 10.0. The van der Waals surface area contributed by atoms with E-state index in [1.165, 1.54) is 41.7 Å². The zero-order valence-corrected chi connectivity index (χ0v) is 14.1. The van der Waals surface area contributed by atoms with E-state index in [1.54, 1.807) is 5.57 Å². The molecule has 122 valence electrons. The Morgan fingerprint density at radius 1 is 1.39 bits per heavy atom. The molecule has 0 radical (unpaired) electrons. The Kier molecular flexibility index (Phi) is 2.69. The molecular weight excluding hydrogens is 284 g/mol. The molecular formula is C20H27N2O+. The van der Waals surface area contributed by atoms with Gasteiger partial charge in [-0.2, -0.15) is 0 Å². The monoisotopic (exact) mass is 311 g/mol. The average molecular weight is 311 g/mol. The number of anilines is 1. The van der Waals surface area contributed by atoms with E-state index in [1.807, 2.05) is 0 Å². The molecule has 3 heterocycles. The summed E-state index contributed by atoms with van der Waals surface area (Å²) >= 11 is 0. The van der Waals surface area contributed by atoms with Crippen LogP contribution in [0.25, 0.3) is 0 Å². The lowest BCUT2D eigenvalue weighted by molar-refractivity contribution is -0.925. The molecule has 2 N–H and O–H groups in total. The summed E-state index contributed by atoms with van der Waals surface area (Å²) in [6.45, 7) is 4.93. The second-order valence-electron chi connectivity index (χ2n) is 8.39. The van der Waals surface area contributed by atoms with E-state index in [0.717, 1.165) is 0 Å². The lowest BCUT2D eigenvalue weighted by Gasteiger charge is -2.56. The minimum atomic E-state index is 0.231. The van der Waals surface area contributed by atoms with Crippen LogP contribution in [-0.2, 0) is 5.41 Å². The topological polar surface area (TPSA) is 32.3 Å². The largest absolute Gasteiger partial charge is 0.396 e. The zero-order valence-electron chi connectivity index (χ0n) is 14.1. The van der Waals surface area contributed by atoms with Crippen LogP contribution in [0.1, 0.15) is 25.3 Å². The number of allylic oxidation sites excluding steroid dienone is 1. The summed E-state index contributed by atoms with van der Waals surface area (Å²) in [6.07, 6.45) is 4.83. The third-order valence-corrected chi connectivity index (χ3v) is 7.70. The molecule has 0 amide bonds. The molecule has 23 heavy (non-hydrogen) atoms. The minimum Gasteiger partial charge on any atom is -0.396 e. The highest BCUT2D eigenvalue weighted by atomic mass is 16.3. The number of hydrogen-bond donors (Lipinski definition) is 2. The van der Waals surface area contributed by atoms with Crippen molar-refractivity contribution in [3.05, 3.63) is 41.5 Å². The molecule has 1 aromatic rings. The fraction of sp³-hybridized carbons (Fsp3) is 0.600. The lowest BCUT2D eigenvalue weighted by Crippen LogP contribution is -2.67. The van der Waals surface area contributed by atoms with Crippen LogP contribution in [0.5, 0.6) is 0 Å². The molecule has 2 bridgehead atoms. The van der Waals surface area contributed by atoms with Gasteiger partial charge in [-0.1, -0.05) is 24.3 Å². The first-order valence-electron chi connectivity index (χ1n) is 9.10. The fourth-order valence-electron chi connectivity index (χ4n) is 6.76. The van der Waals surface area contributed by atoms with E-state index >= 15 is 0 Å². The van der Waals surface area contributed by atoms with Crippen LogP contribution >= 0.6 is 0 Å². The first-order valence-corrected chi connectivity index (χ1v) is 9.10. The van der Waals surface area contributed by atoms with Gasteiger partial charge in [-0.05, 0) is 30.0 Å². The number of aliphatic hydroxyl groups excluding tert-OH is 1. The van der Waals surface area contributed by atoms with Gasteiger partial charge in [-0.15, -0.1) is 0 Å². The van der Waals surface area contributed by atoms with E-state index in [4.69, 9.17) is 0 Å². The highest BCUT2D eigenvalue weighted by Crippen LogP contribution is 2.62. The number of rotatable bonds is 1. The van der Waals surface area contributed by atoms with Gasteiger partial charge in [0.25, 0.3) is 0 Å². The minimum absolute atomic E-state index is 0.231. The van der Waals surface area contributed by atoms with Gasteiger partial charge in [0.1, 0.15) is 12.6 Å². The van der Waals surface area contributed by atoms with E-state index in [-0.39, 0.29) is 5.41 Å². The van der Waals surface area contributed by atoms with Crippen molar-refractivity contribution in [2.45, 2.75) is 37.3 Å². The summed E-state index contributed by atoms with van der Waals surface area (Å²) in [4.78, 5) is 0. The summed E-state index contributed by atoms with van der Waals surface area (Å²) in [7, 11) is 2.47. The standard InChI is InChI=1S/C20H27N2O/c1-3-13-11-22(2)9-8-20-16-6-4-5-7-17(16)21-19(20)15(12-23)14(13)10-18(20)22/h3-7,14-15,18-19,21,23H,8-12H2,1-2H3/q+1/b13-3+/t14-,15+,18+,19-,20+,22?/m0/s1. The highest BCUT2D eigenvalue weighted by Gasteiger charge is 2.70. The number of likely N-dealkylation sites (N-methyl/N-ethyl adjacent to an activating group) is 1. The number of benzene rings is 1. The molecule has 3 nitrogen and oxygen atoms in total. The molecule has 0 aromatic heterocycles. The molecule has 1 unspecified atom stereocenters. The Labute approximate surface area is 138 Å². The smallest absolute Gasteiger partial charge is 0.102 e. The summed E-state index contributed by atoms with van der Waals surface area (Å²) in [5.41, 5.74) is 4.65. The van der Waals surface area contributed by atoms with Crippen LogP contribution in [-0.4, -0.2) is 48.4 Å². The molecule has 3 aliphatic heterocycles. The predicted molar refractivity (Wildman–Crippen MR) is 92.3 cm³/mol. The van der Waals surface area contributed by atoms with E-state index in [2.05, 4.69) is 49.6 Å². The van der Waals surface area contributed by atoms with E-state index in [9.17, 15) is 5.11 Å². The van der Waals surface area contributed by atoms with Crippen molar-refractivity contribution in [3.63, 3.8) is 0 Å². The summed E-state index contributed by atoms with van der Waals surface area (Å²) < 4.78 is 1.20. The van der Waals surface area contributed by atoms with Crippen LogP contribution in [0.2, 0.25) is 0 Å². The number of piperidine rings is 1. The van der Waals surface area contributed by atoms with Crippen molar-refractivity contribution in [3.8, 4) is 0 Å². The first-order chi connectivity index (χ1) is 11.1. The third kappa shape index (κ3) is 1.49. The van der Waals surface area contributed by atoms with Crippen molar-refractivity contribution in [2.75, 3.05) is 32.1 Å². The van der Waals surface area contributed by atoms with Crippen molar-refractivity contribution >= 4 is 5.69 Å². The maximum Gasteiger partial charge on any atom is 0.102 e. The van der Waals surface area contributed by atoms with Gasteiger partial charge in [0, 0.05) is 37.1 Å². The molecule has 1 aromatic carbocycles. The number of nitrogens with one attached hydrogen (secondary N) is 1.